The molecule has 1 amide bonds. The number of hydrogen-bond acceptors (Lipinski definition) is 2. The molecule has 0 aliphatic heterocycles. The molecule has 0 saturated heterocycles. The summed E-state index contributed by atoms with van der Waals surface area (Å²) in [5.74, 6) is 0.636. The van der Waals surface area contributed by atoms with Gasteiger partial charge in [-0.1, -0.05) is 31.0 Å². The quantitative estimate of drug-likeness (QED) is 0.410. The van der Waals surface area contributed by atoms with E-state index in [1.165, 1.54) is 0 Å². The molecule has 0 saturated carbocycles. The Morgan fingerprint density at radius 3 is 2.64 bits per heavy atom. The lowest BCUT2D eigenvalue weighted by atomic mass is 10.2. The zero-order valence-corrected chi connectivity index (χ0v) is 14.3. The number of amides is 1. The van der Waals surface area contributed by atoms with Crippen LogP contribution < -0.4 is 16.0 Å². The number of carbonyl (C=O) groups is 1. The number of hydrogen-bond donors (Lipinski definition) is 3. The van der Waals surface area contributed by atoms with E-state index < -0.39 is 0 Å². The molecule has 1 aromatic rings. The number of halogens is 1. The molecule has 3 N–H and O–H groups in total. The van der Waals surface area contributed by atoms with Gasteiger partial charge in [0.1, 0.15) is 0 Å². The highest BCUT2D eigenvalue weighted by atomic mass is 35.5. The van der Waals surface area contributed by atoms with Crippen LogP contribution in [0.15, 0.2) is 23.2 Å². The highest BCUT2D eigenvalue weighted by molar-refractivity contribution is 6.33. The monoisotopic (exact) mass is 324 g/mol. The molecule has 1 aromatic carbocycles. The van der Waals surface area contributed by atoms with Crippen molar-refractivity contribution in [2.75, 3.05) is 25.5 Å². The lowest BCUT2D eigenvalue weighted by Gasteiger charge is -2.12. The van der Waals surface area contributed by atoms with Crippen molar-refractivity contribution >= 4 is 29.2 Å². The standard InChI is InChI=1S/C16H25ClN4O/c1-4-5-9-19-16(18-3)20-10-8-15(22)21-14-7-6-12(2)11-13(14)17/h6-7,11H,4-5,8-10H2,1-3H3,(H,21,22)(H2,18,19,20). The van der Waals surface area contributed by atoms with Gasteiger partial charge < -0.3 is 16.0 Å². The number of rotatable bonds is 7. The van der Waals surface area contributed by atoms with E-state index >= 15 is 0 Å². The van der Waals surface area contributed by atoms with Gasteiger partial charge in [-0.05, 0) is 31.0 Å². The molecular weight excluding hydrogens is 300 g/mol. The number of guanidine groups is 1. The molecule has 0 aliphatic rings. The minimum atomic E-state index is -0.0812. The summed E-state index contributed by atoms with van der Waals surface area (Å²) < 4.78 is 0. The number of carbonyl (C=O) groups excluding carboxylic acids is 1. The van der Waals surface area contributed by atoms with Gasteiger partial charge in [0.15, 0.2) is 5.96 Å². The molecule has 0 aromatic heterocycles. The number of nitrogens with one attached hydrogen (secondary N) is 3. The van der Waals surface area contributed by atoms with Gasteiger partial charge in [0, 0.05) is 26.6 Å². The maximum absolute atomic E-state index is 11.9. The Kier molecular flexibility index (Phi) is 8.36. The van der Waals surface area contributed by atoms with Gasteiger partial charge in [0.25, 0.3) is 0 Å². The van der Waals surface area contributed by atoms with E-state index in [9.17, 15) is 4.79 Å². The van der Waals surface area contributed by atoms with Crippen molar-refractivity contribution in [1.82, 2.24) is 10.6 Å². The van der Waals surface area contributed by atoms with Crippen LogP contribution in [0.5, 0.6) is 0 Å². The Hall–Kier alpha value is -1.75. The summed E-state index contributed by atoms with van der Waals surface area (Å²) in [6.45, 7) is 5.49. The fraction of sp³-hybridized carbons (Fsp3) is 0.500. The zero-order chi connectivity index (χ0) is 16.4. The van der Waals surface area contributed by atoms with Crippen molar-refractivity contribution in [3.05, 3.63) is 28.8 Å². The number of aryl methyl sites for hydroxylation is 1. The van der Waals surface area contributed by atoms with Gasteiger partial charge in [0.05, 0.1) is 10.7 Å². The van der Waals surface area contributed by atoms with Crippen molar-refractivity contribution in [3.63, 3.8) is 0 Å². The van der Waals surface area contributed by atoms with Crippen LogP contribution in [0.4, 0.5) is 5.69 Å². The first kappa shape index (κ1) is 18.3. The Morgan fingerprint density at radius 1 is 1.27 bits per heavy atom. The van der Waals surface area contributed by atoms with Crippen molar-refractivity contribution in [2.45, 2.75) is 33.1 Å². The average Bonchev–Trinajstić information content (AvgIpc) is 2.48. The second-order valence-corrected chi connectivity index (χ2v) is 5.47. The lowest BCUT2D eigenvalue weighted by molar-refractivity contribution is -0.116. The van der Waals surface area contributed by atoms with Crippen LogP contribution in [0.1, 0.15) is 31.7 Å². The first-order chi connectivity index (χ1) is 10.6. The van der Waals surface area contributed by atoms with E-state index in [-0.39, 0.29) is 5.91 Å². The molecule has 0 radical (unpaired) electrons. The van der Waals surface area contributed by atoms with Crippen molar-refractivity contribution < 1.29 is 4.79 Å². The molecule has 0 unspecified atom stereocenters. The second kappa shape index (κ2) is 10.1. The topological polar surface area (TPSA) is 65.5 Å². The number of aliphatic imine (C=N–C) groups is 1. The SMILES string of the molecule is CCCCNC(=NC)NCCC(=O)Nc1ccc(C)cc1Cl. The summed E-state index contributed by atoms with van der Waals surface area (Å²) in [5.41, 5.74) is 1.70. The van der Waals surface area contributed by atoms with Crippen LogP contribution in [0, 0.1) is 6.92 Å². The number of anilines is 1. The molecule has 0 spiro atoms. The van der Waals surface area contributed by atoms with Crippen LogP contribution in [0.2, 0.25) is 5.02 Å². The summed E-state index contributed by atoms with van der Waals surface area (Å²) in [6.07, 6.45) is 2.56. The second-order valence-electron chi connectivity index (χ2n) is 5.06. The highest BCUT2D eigenvalue weighted by Crippen LogP contribution is 2.22. The Balaban J connectivity index is 2.33. The fourth-order valence-electron chi connectivity index (χ4n) is 1.83. The molecule has 0 heterocycles. The van der Waals surface area contributed by atoms with Crippen LogP contribution in [0.25, 0.3) is 0 Å². The molecular formula is C16H25ClN4O. The summed E-state index contributed by atoms with van der Waals surface area (Å²) in [7, 11) is 1.72. The van der Waals surface area contributed by atoms with E-state index in [0.29, 0.717) is 23.7 Å². The van der Waals surface area contributed by atoms with Gasteiger partial charge in [-0.25, -0.2) is 0 Å². The maximum atomic E-state index is 11.9. The van der Waals surface area contributed by atoms with Crippen LogP contribution >= 0.6 is 11.6 Å². The Bertz CT molecular complexity index is 517. The summed E-state index contributed by atoms with van der Waals surface area (Å²) in [5, 5.41) is 9.67. The average molecular weight is 325 g/mol. The lowest BCUT2D eigenvalue weighted by Crippen LogP contribution is -2.39. The van der Waals surface area contributed by atoms with Gasteiger partial charge in [-0.2, -0.15) is 0 Å². The van der Waals surface area contributed by atoms with E-state index in [0.717, 1.165) is 30.9 Å². The summed E-state index contributed by atoms with van der Waals surface area (Å²) in [4.78, 5) is 16.0. The normalized spacial score (nSPS) is 11.2. The Morgan fingerprint density at radius 2 is 2.00 bits per heavy atom. The molecule has 1 rings (SSSR count). The predicted molar refractivity (Wildman–Crippen MR) is 93.7 cm³/mol. The molecule has 22 heavy (non-hydrogen) atoms. The number of nitrogens with zero attached hydrogens (tertiary/aromatic N) is 1. The molecule has 0 bridgehead atoms. The van der Waals surface area contributed by atoms with E-state index in [1.54, 1.807) is 7.05 Å². The third kappa shape index (κ3) is 6.80. The van der Waals surface area contributed by atoms with Crippen LogP contribution in [-0.2, 0) is 4.79 Å². The van der Waals surface area contributed by atoms with E-state index in [4.69, 9.17) is 11.6 Å². The zero-order valence-electron chi connectivity index (χ0n) is 13.5. The van der Waals surface area contributed by atoms with Crippen molar-refractivity contribution in [2.24, 2.45) is 4.99 Å². The number of unbranched alkanes of at least 4 members (excludes halogenated alkanes) is 1. The number of benzene rings is 1. The molecule has 0 aliphatic carbocycles. The first-order valence-electron chi connectivity index (χ1n) is 7.57. The van der Waals surface area contributed by atoms with Gasteiger partial charge >= 0.3 is 0 Å². The molecule has 0 fully saturated rings. The largest absolute Gasteiger partial charge is 0.356 e. The fourth-order valence-corrected chi connectivity index (χ4v) is 2.12. The van der Waals surface area contributed by atoms with Crippen molar-refractivity contribution in [3.8, 4) is 0 Å². The first-order valence-corrected chi connectivity index (χ1v) is 7.95. The maximum Gasteiger partial charge on any atom is 0.226 e. The van der Waals surface area contributed by atoms with Crippen LogP contribution in [-0.4, -0.2) is 32.0 Å². The summed E-state index contributed by atoms with van der Waals surface area (Å²) in [6, 6.07) is 5.56. The minimum Gasteiger partial charge on any atom is -0.356 e. The van der Waals surface area contributed by atoms with E-state index in [2.05, 4.69) is 27.9 Å². The predicted octanol–water partition coefficient (Wildman–Crippen LogP) is 2.94. The smallest absolute Gasteiger partial charge is 0.226 e. The van der Waals surface area contributed by atoms with Crippen LogP contribution in [0.3, 0.4) is 0 Å². The van der Waals surface area contributed by atoms with Gasteiger partial charge in [-0.3, -0.25) is 9.79 Å². The highest BCUT2D eigenvalue weighted by Gasteiger charge is 2.06. The van der Waals surface area contributed by atoms with E-state index in [1.807, 2.05) is 25.1 Å². The molecule has 122 valence electrons. The van der Waals surface area contributed by atoms with Gasteiger partial charge in [0.2, 0.25) is 5.91 Å². The Labute approximate surface area is 137 Å². The summed E-state index contributed by atoms with van der Waals surface area (Å²) >= 11 is 6.09. The third-order valence-corrected chi connectivity index (χ3v) is 3.40. The molecule has 6 heteroatoms. The van der Waals surface area contributed by atoms with Gasteiger partial charge in [-0.15, -0.1) is 0 Å². The third-order valence-electron chi connectivity index (χ3n) is 3.09. The molecule has 5 nitrogen and oxygen atoms in total. The minimum absolute atomic E-state index is 0.0812. The van der Waals surface area contributed by atoms with Crippen molar-refractivity contribution in [1.29, 1.82) is 0 Å². The molecule has 0 atom stereocenters.